The van der Waals surface area contributed by atoms with E-state index in [-0.39, 0.29) is 28.5 Å². The maximum Gasteiger partial charge on any atom is 0.419 e. The van der Waals surface area contributed by atoms with E-state index in [2.05, 4.69) is 15.3 Å². The lowest BCUT2D eigenvalue weighted by Crippen LogP contribution is -2.25. The summed E-state index contributed by atoms with van der Waals surface area (Å²) in [5.41, 5.74) is -2.41. The average Bonchev–Trinajstić information content (AvgIpc) is 2.61. The van der Waals surface area contributed by atoms with Crippen LogP contribution < -0.4 is 10.9 Å². The largest absolute Gasteiger partial charge is 0.419 e. The van der Waals surface area contributed by atoms with Crippen LogP contribution in [0.5, 0.6) is 0 Å². The van der Waals surface area contributed by atoms with Gasteiger partial charge in [0, 0.05) is 0 Å². The van der Waals surface area contributed by atoms with E-state index in [0.717, 1.165) is 12.1 Å². The lowest BCUT2D eigenvalue weighted by Gasteiger charge is -2.18. The van der Waals surface area contributed by atoms with Gasteiger partial charge in [0.1, 0.15) is 23.0 Å². The number of aromatic amines is 1. The number of aromatic nitrogens is 2. The van der Waals surface area contributed by atoms with Gasteiger partial charge in [-0.25, -0.2) is 9.37 Å². The third-order valence-corrected chi connectivity index (χ3v) is 3.65. The highest BCUT2D eigenvalue weighted by atomic mass is 19.4. The number of hydrogen-bond donors (Lipinski definition) is 4. The molecule has 0 aliphatic heterocycles. The number of rotatable bonds is 5. The van der Waals surface area contributed by atoms with Crippen LogP contribution in [0, 0.1) is 18.2 Å². The topological polar surface area (TPSA) is 102 Å². The standard InChI is InChI=1S/C16H16F4N4O2.C2H6/c1-7(9-3-4-10(11(17)5-9)16(18,19)20)22-14-13(12(21)6-25)15(26)24-8(2)23-14;1-2/h3-5,7,21,25H,6H2,1-2H3,(H2,22,23,24,26);1-2H3. The predicted molar refractivity (Wildman–Crippen MR) is 98.3 cm³/mol. The Labute approximate surface area is 159 Å². The van der Waals surface area contributed by atoms with Gasteiger partial charge in [-0.2, -0.15) is 13.2 Å². The number of hydrogen-bond acceptors (Lipinski definition) is 5. The van der Waals surface area contributed by atoms with E-state index in [1.54, 1.807) is 0 Å². The number of aryl methyl sites for hydroxylation is 1. The molecule has 154 valence electrons. The van der Waals surface area contributed by atoms with Gasteiger partial charge in [0.2, 0.25) is 0 Å². The van der Waals surface area contributed by atoms with Crippen LogP contribution in [0.25, 0.3) is 0 Å². The molecule has 1 atom stereocenters. The zero-order valence-corrected chi connectivity index (χ0v) is 15.8. The van der Waals surface area contributed by atoms with Gasteiger partial charge in [0.25, 0.3) is 5.56 Å². The Bertz CT molecular complexity index is 894. The highest BCUT2D eigenvalue weighted by molar-refractivity contribution is 6.02. The lowest BCUT2D eigenvalue weighted by molar-refractivity contribution is -0.140. The fourth-order valence-corrected chi connectivity index (χ4v) is 2.37. The second-order valence-electron chi connectivity index (χ2n) is 5.61. The number of aliphatic hydroxyl groups excluding tert-OH is 1. The third kappa shape index (κ3) is 5.38. The van der Waals surface area contributed by atoms with E-state index < -0.39 is 35.8 Å². The minimum Gasteiger partial charge on any atom is -0.390 e. The first-order chi connectivity index (χ1) is 13.0. The highest BCUT2D eigenvalue weighted by Gasteiger charge is 2.34. The molecule has 6 nitrogen and oxygen atoms in total. The summed E-state index contributed by atoms with van der Waals surface area (Å²) < 4.78 is 51.7. The number of nitrogens with zero attached hydrogens (tertiary/aromatic N) is 1. The predicted octanol–water partition coefficient (Wildman–Crippen LogP) is 3.80. The van der Waals surface area contributed by atoms with Crippen molar-refractivity contribution in [3.05, 3.63) is 56.9 Å². The molecule has 1 aromatic heterocycles. The fraction of sp³-hybridized carbons (Fsp3) is 0.389. The lowest BCUT2D eigenvalue weighted by atomic mass is 10.0. The van der Waals surface area contributed by atoms with Gasteiger partial charge in [-0.1, -0.05) is 19.9 Å². The summed E-state index contributed by atoms with van der Waals surface area (Å²) in [6, 6.07) is 1.78. The summed E-state index contributed by atoms with van der Waals surface area (Å²) in [5, 5.41) is 19.6. The van der Waals surface area contributed by atoms with Gasteiger partial charge in [0.15, 0.2) is 0 Å². The molecule has 1 aromatic carbocycles. The molecular weight excluding hydrogens is 380 g/mol. The van der Waals surface area contributed by atoms with Crippen LogP contribution in [0.3, 0.4) is 0 Å². The van der Waals surface area contributed by atoms with Gasteiger partial charge in [-0.05, 0) is 31.5 Å². The van der Waals surface area contributed by atoms with Crippen LogP contribution in [0.4, 0.5) is 23.4 Å². The number of anilines is 1. The molecule has 2 aromatic rings. The van der Waals surface area contributed by atoms with E-state index in [1.165, 1.54) is 13.8 Å². The number of aliphatic hydroxyl groups is 1. The molecule has 0 aliphatic rings. The minimum absolute atomic E-state index is 0.0295. The maximum absolute atomic E-state index is 13.7. The van der Waals surface area contributed by atoms with E-state index >= 15 is 0 Å². The molecule has 0 bridgehead atoms. The van der Waals surface area contributed by atoms with Gasteiger partial charge in [-0.15, -0.1) is 0 Å². The number of nitrogens with one attached hydrogen (secondary N) is 3. The summed E-state index contributed by atoms with van der Waals surface area (Å²) in [5.74, 6) is -1.21. The van der Waals surface area contributed by atoms with Crippen molar-refractivity contribution in [2.24, 2.45) is 0 Å². The molecule has 0 radical (unpaired) electrons. The molecule has 1 unspecified atom stereocenters. The van der Waals surface area contributed by atoms with Crippen molar-refractivity contribution in [2.75, 3.05) is 11.9 Å². The van der Waals surface area contributed by atoms with Gasteiger partial charge < -0.3 is 20.8 Å². The molecular formula is C18H22F4N4O2. The van der Waals surface area contributed by atoms with Crippen LogP contribution >= 0.6 is 0 Å². The Balaban J connectivity index is 0.00000190. The van der Waals surface area contributed by atoms with Crippen molar-refractivity contribution in [1.82, 2.24) is 9.97 Å². The molecule has 1 heterocycles. The molecule has 0 fully saturated rings. The SMILES string of the molecule is CC.Cc1nc(NC(C)c2ccc(C(F)(F)F)c(F)c2)c(C(=N)CO)c(=O)[nH]1. The molecule has 0 aliphatic carbocycles. The van der Waals surface area contributed by atoms with Crippen molar-refractivity contribution < 1.29 is 22.7 Å². The maximum atomic E-state index is 13.7. The molecule has 10 heteroatoms. The molecule has 0 saturated heterocycles. The number of alkyl halides is 3. The zero-order valence-electron chi connectivity index (χ0n) is 15.8. The van der Waals surface area contributed by atoms with Gasteiger partial charge in [0.05, 0.1) is 23.9 Å². The van der Waals surface area contributed by atoms with Gasteiger partial charge >= 0.3 is 6.18 Å². The Hall–Kier alpha value is -2.75. The Morgan fingerprint density at radius 2 is 1.96 bits per heavy atom. The third-order valence-electron chi connectivity index (χ3n) is 3.65. The summed E-state index contributed by atoms with van der Waals surface area (Å²) >= 11 is 0. The van der Waals surface area contributed by atoms with Crippen molar-refractivity contribution >= 4 is 11.5 Å². The molecule has 2 rings (SSSR count). The number of H-pyrrole nitrogens is 1. The Morgan fingerprint density at radius 3 is 2.46 bits per heavy atom. The Morgan fingerprint density at radius 1 is 1.36 bits per heavy atom. The fourth-order valence-electron chi connectivity index (χ4n) is 2.37. The average molecular weight is 402 g/mol. The van der Waals surface area contributed by atoms with Crippen molar-refractivity contribution in [2.45, 2.75) is 39.9 Å². The normalized spacial score (nSPS) is 12.0. The summed E-state index contributed by atoms with van der Waals surface area (Å²) in [6.45, 7) is 6.33. The zero-order chi connectivity index (χ0) is 21.6. The van der Waals surface area contributed by atoms with E-state index in [4.69, 9.17) is 10.5 Å². The summed E-state index contributed by atoms with van der Waals surface area (Å²) in [7, 11) is 0. The van der Waals surface area contributed by atoms with Gasteiger partial charge in [-0.3, -0.25) is 4.79 Å². The van der Waals surface area contributed by atoms with E-state index in [1.807, 2.05) is 13.8 Å². The monoisotopic (exact) mass is 402 g/mol. The Kier molecular flexibility index (Phi) is 7.86. The molecule has 28 heavy (non-hydrogen) atoms. The van der Waals surface area contributed by atoms with Crippen LogP contribution in [-0.4, -0.2) is 27.4 Å². The summed E-state index contributed by atoms with van der Waals surface area (Å²) in [6.07, 6.45) is -4.80. The van der Waals surface area contributed by atoms with E-state index in [9.17, 15) is 22.4 Å². The second kappa shape index (κ2) is 9.45. The number of benzene rings is 1. The molecule has 0 saturated carbocycles. The quantitative estimate of drug-likeness (QED) is 0.451. The van der Waals surface area contributed by atoms with Crippen molar-refractivity contribution in [1.29, 1.82) is 5.41 Å². The molecule has 4 N–H and O–H groups in total. The van der Waals surface area contributed by atoms with Crippen LogP contribution in [0.2, 0.25) is 0 Å². The van der Waals surface area contributed by atoms with Crippen LogP contribution in [0.15, 0.2) is 23.0 Å². The first-order valence-corrected chi connectivity index (χ1v) is 8.47. The summed E-state index contributed by atoms with van der Waals surface area (Å²) in [4.78, 5) is 18.5. The van der Waals surface area contributed by atoms with Crippen molar-refractivity contribution in [3.8, 4) is 0 Å². The first kappa shape index (κ1) is 23.3. The molecule has 0 spiro atoms. The van der Waals surface area contributed by atoms with E-state index in [0.29, 0.717) is 6.07 Å². The minimum atomic E-state index is -4.80. The number of halogens is 4. The highest BCUT2D eigenvalue weighted by Crippen LogP contribution is 2.32. The first-order valence-electron chi connectivity index (χ1n) is 8.47. The van der Waals surface area contributed by atoms with Crippen LogP contribution in [-0.2, 0) is 6.18 Å². The molecule has 0 amide bonds. The smallest absolute Gasteiger partial charge is 0.390 e. The second-order valence-corrected chi connectivity index (χ2v) is 5.61. The van der Waals surface area contributed by atoms with Crippen LogP contribution in [0.1, 0.15) is 49.3 Å². The van der Waals surface area contributed by atoms with Crippen molar-refractivity contribution in [3.63, 3.8) is 0 Å².